The lowest BCUT2D eigenvalue weighted by Gasteiger charge is -2.05. The number of nitrogens with two attached hydrogens (primary N) is 1. The Morgan fingerprint density at radius 1 is 1.69 bits per heavy atom. The predicted molar refractivity (Wildman–Crippen MR) is 53.3 cm³/mol. The molecule has 1 atom stereocenters. The first-order valence-electron chi connectivity index (χ1n) is 4.08. The van der Waals surface area contributed by atoms with Crippen molar-refractivity contribution in [3.8, 4) is 0 Å². The lowest BCUT2D eigenvalue weighted by atomic mass is 10.2. The standard InChI is InChI=1S/C8H13BrFN3/c1-5-8(9)7(13(2)12-5)3-6(10)4-11/h6H,3-4,11H2,1-2H3. The molecule has 1 aromatic rings. The summed E-state index contributed by atoms with van der Waals surface area (Å²) in [6, 6.07) is 0. The first-order chi connectivity index (χ1) is 6.06. The Morgan fingerprint density at radius 3 is 2.69 bits per heavy atom. The zero-order valence-electron chi connectivity index (χ0n) is 7.72. The summed E-state index contributed by atoms with van der Waals surface area (Å²) in [5.74, 6) is 0. The fraction of sp³-hybridized carbons (Fsp3) is 0.625. The van der Waals surface area contributed by atoms with Crippen LogP contribution in [0, 0.1) is 6.92 Å². The highest BCUT2D eigenvalue weighted by Gasteiger charge is 2.14. The Bertz CT molecular complexity index is 298. The third-order valence-electron chi connectivity index (χ3n) is 1.93. The smallest absolute Gasteiger partial charge is 0.118 e. The Hall–Kier alpha value is -0.420. The van der Waals surface area contributed by atoms with E-state index in [-0.39, 0.29) is 6.54 Å². The van der Waals surface area contributed by atoms with E-state index in [9.17, 15) is 4.39 Å². The van der Waals surface area contributed by atoms with E-state index in [1.807, 2.05) is 6.92 Å². The summed E-state index contributed by atoms with van der Waals surface area (Å²) in [5.41, 5.74) is 6.94. The first-order valence-corrected chi connectivity index (χ1v) is 4.87. The predicted octanol–water partition coefficient (Wildman–Crippen LogP) is 1.33. The van der Waals surface area contributed by atoms with Gasteiger partial charge < -0.3 is 5.73 Å². The van der Waals surface area contributed by atoms with E-state index in [0.717, 1.165) is 15.9 Å². The van der Waals surface area contributed by atoms with E-state index in [4.69, 9.17) is 5.73 Å². The van der Waals surface area contributed by atoms with Gasteiger partial charge in [-0.2, -0.15) is 5.10 Å². The molecule has 1 heterocycles. The van der Waals surface area contributed by atoms with Crippen molar-refractivity contribution in [1.29, 1.82) is 0 Å². The van der Waals surface area contributed by atoms with Crippen LogP contribution < -0.4 is 5.73 Å². The SMILES string of the molecule is Cc1nn(C)c(CC(F)CN)c1Br. The summed E-state index contributed by atoms with van der Waals surface area (Å²) in [6.45, 7) is 1.93. The van der Waals surface area contributed by atoms with E-state index in [2.05, 4.69) is 21.0 Å². The van der Waals surface area contributed by atoms with E-state index >= 15 is 0 Å². The lowest BCUT2D eigenvalue weighted by molar-refractivity contribution is 0.334. The topological polar surface area (TPSA) is 43.8 Å². The molecular weight excluding hydrogens is 237 g/mol. The molecule has 1 unspecified atom stereocenters. The van der Waals surface area contributed by atoms with Crippen LogP contribution in [0.1, 0.15) is 11.4 Å². The first kappa shape index (κ1) is 10.7. The largest absolute Gasteiger partial charge is 0.328 e. The molecule has 0 radical (unpaired) electrons. The van der Waals surface area contributed by atoms with Crippen molar-refractivity contribution in [2.75, 3.05) is 6.54 Å². The summed E-state index contributed by atoms with van der Waals surface area (Å²) in [5, 5.41) is 4.16. The molecule has 13 heavy (non-hydrogen) atoms. The van der Waals surface area contributed by atoms with Gasteiger partial charge in [0.1, 0.15) is 6.17 Å². The molecule has 2 N–H and O–H groups in total. The number of aromatic nitrogens is 2. The van der Waals surface area contributed by atoms with E-state index in [1.54, 1.807) is 11.7 Å². The van der Waals surface area contributed by atoms with Gasteiger partial charge in [0.05, 0.1) is 15.9 Å². The number of halogens is 2. The van der Waals surface area contributed by atoms with Crippen molar-refractivity contribution in [3.63, 3.8) is 0 Å². The zero-order chi connectivity index (χ0) is 10.0. The summed E-state index contributed by atoms with van der Waals surface area (Å²) >= 11 is 3.37. The maximum absolute atomic E-state index is 13.0. The van der Waals surface area contributed by atoms with Gasteiger partial charge in [0.25, 0.3) is 0 Å². The minimum atomic E-state index is -0.994. The normalized spacial score (nSPS) is 13.3. The number of hydrogen-bond acceptors (Lipinski definition) is 2. The quantitative estimate of drug-likeness (QED) is 0.879. The van der Waals surface area contributed by atoms with Gasteiger partial charge in [-0.05, 0) is 22.9 Å². The molecule has 1 rings (SSSR count). The van der Waals surface area contributed by atoms with Crippen molar-refractivity contribution in [3.05, 3.63) is 15.9 Å². The number of rotatable bonds is 3. The molecule has 0 aromatic carbocycles. The van der Waals surface area contributed by atoms with Gasteiger partial charge in [0, 0.05) is 20.0 Å². The van der Waals surface area contributed by atoms with Crippen molar-refractivity contribution < 1.29 is 4.39 Å². The van der Waals surface area contributed by atoms with Gasteiger partial charge in [-0.25, -0.2) is 4.39 Å². The van der Waals surface area contributed by atoms with Crippen LogP contribution in [0.25, 0.3) is 0 Å². The van der Waals surface area contributed by atoms with Gasteiger partial charge in [-0.3, -0.25) is 4.68 Å². The average Bonchev–Trinajstić information content (AvgIpc) is 2.32. The second-order valence-electron chi connectivity index (χ2n) is 3.01. The molecule has 0 saturated carbocycles. The van der Waals surface area contributed by atoms with E-state index < -0.39 is 6.17 Å². The molecule has 0 amide bonds. The van der Waals surface area contributed by atoms with E-state index in [0.29, 0.717) is 6.42 Å². The summed E-state index contributed by atoms with van der Waals surface area (Å²) in [7, 11) is 1.80. The maximum atomic E-state index is 13.0. The molecule has 0 bridgehead atoms. The van der Waals surface area contributed by atoms with Crippen LogP contribution in [0.15, 0.2) is 4.47 Å². The molecule has 0 spiro atoms. The number of hydrogen-bond donors (Lipinski definition) is 1. The van der Waals surface area contributed by atoms with Gasteiger partial charge >= 0.3 is 0 Å². The molecule has 0 fully saturated rings. The Balaban J connectivity index is 2.87. The van der Waals surface area contributed by atoms with Crippen molar-refractivity contribution in [2.24, 2.45) is 12.8 Å². The number of nitrogens with zero attached hydrogens (tertiary/aromatic N) is 2. The molecule has 0 saturated heterocycles. The highest BCUT2D eigenvalue weighted by Crippen LogP contribution is 2.21. The molecule has 0 aliphatic heterocycles. The zero-order valence-corrected chi connectivity index (χ0v) is 9.31. The van der Waals surface area contributed by atoms with Crippen molar-refractivity contribution in [1.82, 2.24) is 9.78 Å². The van der Waals surface area contributed by atoms with Crippen LogP contribution in [0.3, 0.4) is 0 Å². The maximum Gasteiger partial charge on any atom is 0.118 e. The van der Waals surface area contributed by atoms with Crippen LogP contribution in [-0.2, 0) is 13.5 Å². The number of aryl methyl sites for hydroxylation is 2. The molecule has 0 aliphatic rings. The highest BCUT2D eigenvalue weighted by molar-refractivity contribution is 9.10. The monoisotopic (exact) mass is 249 g/mol. The molecule has 74 valence electrons. The Labute approximate surface area is 85.2 Å². The fourth-order valence-electron chi connectivity index (χ4n) is 1.19. The fourth-order valence-corrected chi connectivity index (χ4v) is 1.69. The van der Waals surface area contributed by atoms with Crippen molar-refractivity contribution >= 4 is 15.9 Å². The highest BCUT2D eigenvalue weighted by atomic mass is 79.9. The van der Waals surface area contributed by atoms with E-state index in [1.165, 1.54) is 0 Å². The van der Waals surface area contributed by atoms with Crippen LogP contribution in [-0.4, -0.2) is 22.5 Å². The Morgan fingerprint density at radius 2 is 2.31 bits per heavy atom. The molecule has 3 nitrogen and oxygen atoms in total. The molecule has 5 heteroatoms. The van der Waals surface area contributed by atoms with Crippen LogP contribution in [0.5, 0.6) is 0 Å². The van der Waals surface area contributed by atoms with Crippen molar-refractivity contribution in [2.45, 2.75) is 19.5 Å². The lowest BCUT2D eigenvalue weighted by Crippen LogP contribution is -2.19. The van der Waals surface area contributed by atoms with Gasteiger partial charge in [-0.15, -0.1) is 0 Å². The van der Waals surface area contributed by atoms with Gasteiger partial charge in [0.2, 0.25) is 0 Å². The molecule has 1 aromatic heterocycles. The third kappa shape index (κ3) is 2.28. The third-order valence-corrected chi connectivity index (χ3v) is 2.96. The van der Waals surface area contributed by atoms with Crippen LogP contribution >= 0.6 is 15.9 Å². The second kappa shape index (κ2) is 4.19. The summed E-state index contributed by atoms with van der Waals surface area (Å²) in [6.07, 6.45) is -0.680. The minimum Gasteiger partial charge on any atom is -0.328 e. The van der Waals surface area contributed by atoms with Crippen LogP contribution in [0.4, 0.5) is 4.39 Å². The summed E-state index contributed by atoms with van der Waals surface area (Å²) in [4.78, 5) is 0. The van der Waals surface area contributed by atoms with Crippen LogP contribution in [0.2, 0.25) is 0 Å². The number of alkyl halides is 1. The molecular formula is C8H13BrFN3. The minimum absolute atomic E-state index is 0.0522. The average molecular weight is 250 g/mol. The second-order valence-corrected chi connectivity index (χ2v) is 3.80. The van der Waals surface area contributed by atoms with Gasteiger partial charge in [-0.1, -0.05) is 0 Å². The summed E-state index contributed by atoms with van der Waals surface area (Å²) < 4.78 is 15.6. The van der Waals surface area contributed by atoms with Gasteiger partial charge in [0.15, 0.2) is 0 Å². The Kier molecular flexibility index (Phi) is 3.44. The molecule has 0 aliphatic carbocycles.